The number of carbonyl (C=O) groups excluding carboxylic acids is 2. The molecule has 1 aromatic heterocycles. The quantitative estimate of drug-likeness (QED) is 0.308. The van der Waals surface area contributed by atoms with Crippen molar-refractivity contribution in [3.05, 3.63) is 57.4 Å². The van der Waals surface area contributed by atoms with Crippen LogP contribution >= 0.6 is 27.3 Å². The van der Waals surface area contributed by atoms with E-state index in [1.54, 1.807) is 65.0 Å². The summed E-state index contributed by atoms with van der Waals surface area (Å²) in [6.45, 7) is 12.5. The molecule has 0 saturated carbocycles. The molecule has 0 spiro atoms. The molecule has 1 unspecified atom stereocenters. The molecule has 0 radical (unpaired) electrons. The maximum atomic E-state index is 14.0. The zero-order chi connectivity index (χ0) is 27.9. The van der Waals surface area contributed by atoms with Crippen LogP contribution in [-0.2, 0) is 14.3 Å². The number of amides is 2. The molecule has 1 atom stereocenters. The van der Waals surface area contributed by atoms with Crippen LogP contribution in [0.25, 0.3) is 5.70 Å². The first-order chi connectivity index (χ1) is 16.9. The molecule has 1 aliphatic heterocycles. The van der Waals surface area contributed by atoms with Gasteiger partial charge < -0.3 is 9.47 Å². The van der Waals surface area contributed by atoms with Gasteiger partial charge in [-0.1, -0.05) is 36.9 Å². The number of alkyl halides is 3. The van der Waals surface area contributed by atoms with Crippen LogP contribution in [0.15, 0.2) is 40.7 Å². The predicted octanol–water partition coefficient (Wildman–Crippen LogP) is 7.47. The number of hydrogen-bond donors (Lipinski definition) is 0. The lowest BCUT2D eigenvalue weighted by Gasteiger charge is -2.45. The molecule has 1 aromatic carbocycles. The number of nitrogens with zero attached hydrogens (tertiary/aromatic N) is 2. The second-order valence-corrected chi connectivity index (χ2v) is 12.6. The Morgan fingerprint density at radius 1 is 1.14 bits per heavy atom. The van der Waals surface area contributed by atoms with Crippen molar-refractivity contribution < 1.29 is 32.2 Å². The van der Waals surface area contributed by atoms with Gasteiger partial charge in [0.1, 0.15) is 28.9 Å². The Hall–Kier alpha value is -2.37. The summed E-state index contributed by atoms with van der Waals surface area (Å²) >= 11 is 4.77. The second kappa shape index (κ2) is 10.4. The minimum absolute atomic E-state index is 0.216. The summed E-state index contributed by atoms with van der Waals surface area (Å²) in [6.07, 6.45) is -5.63. The highest BCUT2D eigenvalue weighted by molar-refractivity contribution is 9.11. The molecular formula is C26H30BrF3N2O4S. The van der Waals surface area contributed by atoms with E-state index in [9.17, 15) is 22.8 Å². The number of ether oxygens (including phenoxy) is 2. The summed E-state index contributed by atoms with van der Waals surface area (Å²) in [6, 6.07) is 7.80. The van der Waals surface area contributed by atoms with Crippen LogP contribution in [0.1, 0.15) is 57.4 Å². The Bertz CT molecular complexity index is 1190. The third-order valence-corrected chi connectivity index (χ3v) is 7.90. The molecule has 202 valence electrons. The SMILES string of the molecule is C=C1c2c(sc(Br)c2C)N(CC(OCC(F)(F)F)c2ccccc2)C(=O)N1C(C)(C)C(=O)OC(C)(C)C. The van der Waals surface area contributed by atoms with Gasteiger partial charge in [0.15, 0.2) is 0 Å². The molecule has 0 saturated heterocycles. The summed E-state index contributed by atoms with van der Waals surface area (Å²) < 4.78 is 50.9. The highest BCUT2D eigenvalue weighted by Gasteiger charge is 2.49. The van der Waals surface area contributed by atoms with Crippen LogP contribution in [0, 0.1) is 6.92 Å². The standard InChI is InChI=1S/C26H30BrF3N2O4S/c1-15-19-16(2)32(25(6,7)22(33)36-24(3,4)5)23(34)31(21(19)37-20(15)27)13-18(35-14-26(28,29)30)17-11-9-8-10-12-17/h8-12,18H,2,13-14H2,1,3-7H3. The summed E-state index contributed by atoms with van der Waals surface area (Å²) in [5.41, 5.74) is -0.0665. The Labute approximate surface area is 227 Å². The normalized spacial score (nSPS) is 15.6. The molecule has 0 N–H and O–H groups in total. The molecule has 6 nitrogen and oxygen atoms in total. The molecule has 0 aliphatic carbocycles. The number of carbonyl (C=O) groups is 2. The van der Waals surface area contributed by atoms with E-state index >= 15 is 0 Å². The Morgan fingerprint density at radius 2 is 1.73 bits per heavy atom. The first-order valence-corrected chi connectivity index (χ1v) is 13.1. The van der Waals surface area contributed by atoms with Gasteiger partial charge in [-0.25, -0.2) is 9.59 Å². The van der Waals surface area contributed by atoms with Gasteiger partial charge in [-0.2, -0.15) is 13.2 Å². The van der Waals surface area contributed by atoms with E-state index in [0.29, 0.717) is 21.8 Å². The first kappa shape index (κ1) is 29.2. The Kier molecular flexibility index (Phi) is 8.22. The monoisotopic (exact) mass is 602 g/mol. The van der Waals surface area contributed by atoms with Crippen molar-refractivity contribution >= 4 is 50.0 Å². The maximum absolute atomic E-state index is 14.0. The molecule has 0 fully saturated rings. The minimum atomic E-state index is -4.55. The van der Waals surface area contributed by atoms with E-state index in [2.05, 4.69) is 22.5 Å². The van der Waals surface area contributed by atoms with Crippen LogP contribution < -0.4 is 4.90 Å². The number of hydrogen-bond acceptors (Lipinski definition) is 5. The average molecular weight is 604 g/mol. The molecule has 2 amide bonds. The number of thiophene rings is 1. The lowest BCUT2D eigenvalue weighted by atomic mass is 9.97. The van der Waals surface area contributed by atoms with Crippen LogP contribution in [0.4, 0.5) is 23.0 Å². The molecule has 3 rings (SSSR count). The van der Waals surface area contributed by atoms with Crippen molar-refractivity contribution in [3.63, 3.8) is 0 Å². The zero-order valence-corrected chi connectivity index (χ0v) is 23.9. The molecule has 37 heavy (non-hydrogen) atoms. The van der Waals surface area contributed by atoms with Crippen LogP contribution in [-0.4, -0.2) is 47.4 Å². The number of esters is 1. The number of halogens is 4. The highest BCUT2D eigenvalue weighted by Crippen LogP contribution is 2.49. The van der Waals surface area contributed by atoms with E-state index in [1.165, 1.54) is 21.1 Å². The van der Waals surface area contributed by atoms with Crippen molar-refractivity contribution in [2.75, 3.05) is 18.1 Å². The Morgan fingerprint density at radius 3 is 2.27 bits per heavy atom. The molecule has 2 aromatic rings. The van der Waals surface area contributed by atoms with E-state index in [1.807, 2.05) is 6.92 Å². The van der Waals surface area contributed by atoms with Gasteiger partial charge in [0, 0.05) is 5.56 Å². The maximum Gasteiger partial charge on any atom is 0.411 e. The average Bonchev–Trinajstić information content (AvgIpc) is 3.06. The summed E-state index contributed by atoms with van der Waals surface area (Å²) in [7, 11) is 0. The van der Waals surface area contributed by atoms with E-state index in [0.717, 1.165) is 9.35 Å². The number of anilines is 1. The van der Waals surface area contributed by atoms with Crippen molar-refractivity contribution in [2.24, 2.45) is 0 Å². The number of benzene rings is 1. The first-order valence-electron chi connectivity index (χ1n) is 11.5. The molecule has 11 heteroatoms. The summed E-state index contributed by atoms with van der Waals surface area (Å²) in [5.74, 6) is -0.641. The highest BCUT2D eigenvalue weighted by atomic mass is 79.9. The second-order valence-electron chi connectivity index (χ2n) is 10.2. The van der Waals surface area contributed by atoms with Crippen molar-refractivity contribution in [3.8, 4) is 0 Å². The van der Waals surface area contributed by atoms with Crippen LogP contribution in [0.2, 0.25) is 0 Å². The number of fused-ring (bicyclic) bond motifs is 1. The predicted molar refractivity (Wildman–Crippen MR) is 141 cm³/mol. The lowest BCUT2D eigenvalue weighted by Crippen LogP contribution is -2.59. The number of rotatable bonds is 7. The van der Waals surface area contributed by atoms with Gasteiger partial charge >= 0.3 is 18.2 Å². The van der Waals surface area contributed by atoms with Gasteiger partial charge in [0.25, 0.3) is 0 Å². The molecule has 2 heterocycles. The summed E-state index contributed by atoms with van der Waals surface area (Å²) in [5, 5.41) is 0.507. The third-order valence-electron chi connectivity index (χ3n) is 5.72. The fourth-order valence-corrected chi connectivity index (χ4v) is 5.67. The van der Waals surface area contributed by atoms with Gasteiger partial charge in [0.05, 0.1) is 16.0 Å². The largest absolute Gasteiger partial charge is 0.458 e. The minimum Gasteiger partial charge on any atom is -0.458 e. The Balaban J connectivity index is 2.08. The van der Waals surface area contributed by atoms with E-state index in [-0.39, 0.29) is 6.54 Å². The zero-order valence-electron chi connectivity index (χ0n) is 21.5. The van der Waals surface area contributed by atoms with E-state index < -0.39 is 42.0 Å². The van der Waals surface area contributed by atoms with Crippen LogP contribution in [0.3, 0.4) is 0 Å². The third kappa shape index (κ3) is 6.38. The van der Waals surface area contributed by atoms with Crippen molar-refractivity contribution in [2.45, 2.75) is 65.0 Å². The van der Waals surface area contributed by atoms with Gasteiger partial charge in [0.2, 0.25) is 0 Å². The van der Waals surface area contributed by atoms with Gasteiger partial charge in [-0.3, -0.25) is 9.80 Å². The van der Waals surface area contributed by atoms with Gasteiger partial charge in [-0.15, -0.1) is 11.3 Å². The smallest absolute Gasteiger partial charge is 0.411 e. The van der Waals surface area contributed by atoms with Gasteiger partial charge in [-0.05, 0) is 68.6 Å². The van der Waals surface area contributed by atoms with E-state index in [4.69, 9.17) is 9.47 Å². The molecular weight excluding hydrogens is 573 g/mol. The fraction of sp³-hybridized carbons (Fsp3) is 0.462. The molecule has 0 bridgehead atoms. The molecule has 1 aliphatic rings. The van der Waals surface area contributed by atoms with Crippen molar-refractivity contribution in [1.82, 2.24) is 4.90 Å². The van der Waals surface area contributed by atoms with Crippen LogP contribution in [0.5, 0.6) is 0 Å². The van der Waals surface area contributed by atoms with Crippen molar-refractivity contribution in [1.29, 1.82) is 0 Å². The summed E-state index contributed by atoms with van der Waals surface area (Å²) in [4.78, 5) is 29.8. The lowest BCUT2D eigenvalue weighted by molar-refractivity contribution is -0.185. The fourth-order valence-electron chi connectivity index (χ4n) is 3.95. The number of urea groups is 1. The topological polar surface area (TPSA) is 59.1 Å².